The van der Waals surface area contributed by atoms with Gasteiger partial charge < -0.3 is 0 Å². The normalized spacial score (nSPS) is 15.4. The van der Waals surface area contributed by atoms with E-state index in [0.717, 1.165) is 24.0 Å². The van der Waals surface area contributed by atoms with Gasteiger partial charge in [-0.25, -0.2) is 0 Å². The van der Waals surface area contributed by atoms with Crippen LogP contribution in [0, 0.1) is 22.7 Å². The topological polar surface area (TPSA) is 52.0 Å². The molecule has 7 aromatic rings. The van der Waals surface area contributed by atoms with Gasteiger partial charge in [0.05, 0.1) is 20.4 Å². The zero-order chi connectivity index (χ0) is 24.3. The first-order valence-electron chi connectivity index (χ1n) is 12.1. The van der Waals surface area contributed by atoms with Crippen molar-refractivity contribution in [2.24, 2.45) is 0 Å². The summed E-state index contributed by atoms with van der Waals surface area (Å²) in [5.74, 6) is 0. The summed E-state index contributed by atoms with van der Waals surface area (Å²) in [5.41, 5.74) is 4.86. The van der Waals surface area contributed by atoms with Crippen LogP contribution in [0.4, 0.5) is 0 Å². The van der Waals surface area contributed by atoms with E-state index < -0.39 is 0 Å². The highest BCUT2D eigenvalue weighted by Gasteiger charge is 2.36. The molecule has 4 aromatic heterocycles. The highest BCUT2D eigenvalue weighted by molar-refractivity contribution is 7.33. The van der Waals surface area contributed by atoms with Gasteiger partial charge in [-0.15, -0.1) is 22.7 Å². The minimum absolute atomic E-state index is 0.0111. The molecule has 0 spiro atoms. The van der Waals surface area contributed by atoms with E-state index in [1.165, 1.54) is 62.5 Å². The van der Waals surface area contributed by atoms with Crippen molar-refractivity contribution < 1.29 is 0 Å². The second-order valence-electron chi connectivity index (χ2n) is 10.4. The van der Waals surface area contributed by atoms with Gasteiger partial charge in [-0.1, -0.05) is 62.4 Å². The number of allylic oxidation sites excluding steroid dienone is 2. The molecule has 36 heavy (non-hydrogen) atoms. The van der Waals surface area contributed by atoms with Gasteiger partial charge in [0.15, 0.2) is 0 Å². The third-order valence-electron chi connectivity index (χ3n) is 8.10. The highest BCUT2D eigenvalue weighted by atomic mass is 32.1. The molecule has 0 atom stereocenters. The number of para-hydroxylation sites is 1. The van der Waals surface area contributed by atoms with Crippen LogP contribution in [0.1, 0.15) is 37.1 Å². The van der Waals surface area contributed by atoms with Gasteiger partial charge in [-0.2, -0.15) is 10.5 Å². The molecule has 5 heteroatoms. The average Bonchev–Trinajstić information content (AvgIpc) is 3.54. The van der Waals surface area contributed by atoms with E-state index in [4.69, 9.17) is 0 Å². The predicted molar refractivity (Wildman–Crippen MR) is 152 cm³/mol. The molecule has 0 radical (unpaired) electrons. The third-order valence-corrected chi connectivity index (χ3v) is 11.0. The molecule has 170 valence electrons. The van der Waals surface area contributed by atoms with Gasteiger partial charge in [-0.3, -0.25) is 4.40 Å². The summed E-state index contributed by atoms with van der Waals surface area (Å²) in [6.07, 6.45) is 1.71. The Morgan fingerprint density at radius 3 is 2.50 bits per heavy atom. The van der Waals surface area contributed by atoms with Crippen molar-refractivity contribution in [1.82, 2.24) is 4.40 Å². The summed E-state index contributed by atoms with van der Waals surface area (Å²) >= 11 is 3.70. The Morgan fingerprint density at radius 2 is 1.67 bits per heavy atom. The molecule has 0 N–H and O–H groups in total. The fourth-order valence-electron chi connectivity index (χ4n) is 6.40. The molecule has 0 aliphatic heterocycles. The fourth-order valence-corrected chi connectivity index (χ4v) is 9.50. The smallest absolute Gasteiger partial charge is 0.133 e. The van der Waals surface area contributed by atoms with Crippen molar-refractivity contribution in [3.05, 3.63) is 70.6 Å². The zero-order valence-electron chi connectivity index (χ0n) is 19.8. The van der Waals surface area contributed by atoms with Crippen LogP contribution in [0.25, 0.3) is 63.2 Å². The minimum atomic E-state index is 0.0111. The molecule has 0 bridgehead atoms. The standard InChI is InChI=1S/C31H19N3S2/c1-31(2)13-12-18(17(14-32)15-33)24-27-28(35-29(24)31)25-21-8-5-6-16-10-11-20-19-7-3-4-9-22(19)34(30(25)36-27)26(20)23(16)21/h3-11H,12-13H2,1-2H3. The number of nitrogens with zero attached hydrogens (tertiary/aromatic N) is 3. The van der Waals surface area contributed by atoms with Gasteiger partial charge >= 0.3 is 0 Å². The Morgan fingerprint density at radius 1 is 0.861 bits per heavy atom. The molecule has 4 heterocycles. The number of fused-ring (bicyclic) bond motifs is 10. The molecule has 3 aromatic carbocycles. The van der Waals surface area contributed by atoms with E-state index in [0.29, 0.717) is 0 Å². The maximum absolute atomic E-state index is 9.79. The van der Waals surface area contributed by atoms with Crippen molar-refractivity contribution >= 4 is 85.8 Å². The van der Waals surface area contributed by atoms with Crippen molar-refractivity contribution in [3.63, 3.8) is 0 Å². The van der Waals surface area contributed by atoms with Crippen LogP contribution in [0.3, 0.4) is 0 Å². The van der Waals surface area contributed by atoms with Crippen LogP contribution in [0.5, 0.6) is 0 Å². The molecule has 3 nitrogen and oxygen atoms in total. The van der Waals surface area contributed by atoms with Gasteiger partial charge in [0, 0.05) is 37.4 Å². The van der Waals surface area contributed by atoms with Crippen LogP contribution < -0.4 is 0 Å². The Labute approximate surface area is 215 Å². The lowest BCUT2D eigenvalue weighted by atomic mass is 9.75. The minimum Gasteiger partial charge on any atom is -0.299 e. The lowest BCUT2D eigenvalue weighted by Crippen LogP contribution is -2.21. The first-order valence-corrected chi connectivity index (χ1v) is 13.8. The van der Waals surface area contributed by atoms with E-state index in [9.17, 15) is 10.5 Å². The number of aromatic nitrogens is 1. The molecule has 0 saturated heterocycles. The molecule has 1 aliphatic carbocycles. The quantitative estimate of drug-likeness (QED) is 0.196. The molecular formula is C31H19N3S2. The van der Waals surface area contributed by atoms with Gasteiger partial charge in [0.2, 0.25) is 0 Å². The van der Waals surface area contributed by atoms with Crippen molar-refractivity contribution in [1.29, 1.82) is 10.5 Å². The largest absolute Gasteiger partial charge is 0.299 e. The Bertz CT molecular complexity index is 2190. The lowest BCUT2D eigenvalue weighted by Gasteiger charge is -2.31. The van der Waals surface area contributed by atoms with E-state index in [2.05, 4.69) is 85.0 Å². The molecule has 1 aliphatic rings. The maximum atomic E-state index is 9.79. The highest BCUT2D eigenvalue weighted by Crippen LogP contribution is 2.56. The van der Waals surface area contributed by atoms with E-state index >= 15 is 0 Å². The zero-order valence-corrected chi connectivity index (χ0v) is 21.4. The molecule has 0 amide bonds. The first kappa shape index (κ1) is 20.3. The second-order valence-corrected chi connectivity index (χ2v) is 12.4. The Balaban J connectivity index is 1.69. The number of hydrogen-bond acceptors (Lipinski definition) is 4. The molecular weight excluding hydrogens is 478 g/mol. The summed E-state index contributed by atoms with van der Waals surface area (Å²) < 4.78 is 4.98. The maximum Gasteiger partial charge on any atom is 0.133 e. The SMILES string of the molecule is CC1(C)CCC(=C(C#N)C#N)c2c1sc1c2sc2c1c1cccc3ccc4c5ccccc5n2c4c31. The van der Waals surface area contributed by atoms with Crippen molar-refractivity contribution in [3.8, 4) is 12.1 Å². The van der Waals surface area contributed by atoms with Crippen LogP contribution in [-0.4, -0.2) is 4.40 Å². The van der Waals surface area contributed by atoms with E-state index in [-0.39, 0.29) is 11.0 Å². The molecule has 0 unspecified atom stereocenters. The number of rotatable bonds is 0. The number of benzene rings is 3. The summed E-state index contributed by atoms with van der Waals surface area (Å²) in [5, 5.41) is 27.3. The summed E-state index contributed by atoms with van der Waals surface area (Å²) in [6.45, 7) is 4.60. The molecule has 0 fully saturated rings. The monoisotopic (exact) mass is 497 g/mol. The van der Waals surface area contributed by atoms with E-state index in [1.54, 1.807) is 0 Å². The van der Waals surface area contributed by atoms with Crippen LogP contribution in [0.2, 0.25) is 0 Å². The summed E-state index contributed by atoms with van der Waals surface area (Å²) in [4.78, 5) is 2.55. The van der Waals surface area contributed by atoms with Crippen molar-refractivity contribution in [2.75, 3.05) is 0 Å². The molecule has 0 saturated carbocycles. The fraction of sp³-hybridized carbons (Fsp3) is 0.161. The van der Waals surface area contributed by atoms with Gasteiger partial charge in [-0.05, 0) is 35.3 Å². The Kier molecular flexibility index (Phi) is 3.75. The Hall–Kier alpha value is -3.90. The second kappa shape index (κ2) is 6.65. The van der Waals surface area contributed by atoms with Crippen LogP contribution in [0.15, 0.2) is 60.2 Å². The van der Waals surface area contributed by atoms with Crippen LogP contribution in [-0.2, 0) is 5.41 Å². The molecule has 8 rings (SSSR count). The number of nitriles is 2. The summed E-state index contributed by atoms with van der Waals surface area (Å²) in [7, 11) is 0. The summed E-state index contributed by atoms with van der Waals surface area (Å²) in [6, 6.07) is 24.2. The van der Waals surface area contributed by atoms with Gasteiger partial charge in [0.25, 0.3) is 0 Å². The first-order chi connectivity index (χ1) is 17.5. The van der Waals surface area contributed by atoms with E-state index in [1.807, 2.05) is 22.7 Å². The predicted octanol–water partition coefficient (Wildman–Crippen LogP) is 9.14. The average molecular weight is 498 g/mol. The number of hydrogen-bond donors (Lipinski definition) is 0. The lowest BCUT2D eigenvalue weighted by molar-refractivity contribution is 0.485. The number of pyridine rings is 1. The third kappa shape index (κ3) is 2.26. The van der Waals surface area contributed by atoms with Gasteiger partial charge in [0.1, 0.15) is 22.5 Å². The van der Waals surface area contributed by atoms with Crippen LogP contribution >= 0.6 is 22.7 Å². The number of thiophene rings is 2. The van der Waals surface area contributed by atoms with Crippen molar-refractivity contribution in [2.45, 2.75) is 32.1 Å².